The largest absolute Gasteiger partial charge is 0.348 e. The summed E-state index contributed by atoms with van der Waals surface area (Å²) >= 11 is 0. The molecule has 0 radical (unpaired) electrons. The second-order valence-electron chi connectivity index (χ2n) is 5.27. The van der Waals surface area contributed by atoms with Crippen molar-refractivity contribution in [3.8, 4) is 0 Å². The topological polar surface area (TPSA) is 90.1 Å². The molecule has 1 heterocycles. The minimum absolute atomic E-state index is 0.0793. The Hall–Kier alpha value is -2.77. The average Bonchev–Trinajstić information content (AvgIpc) is 2.73. The van der Waals surface area contributed by atoms with E-state index in [4.69, 9.17) is 0 Å². The molecule has 1 atom stereocenters. The van der Waals surface area contributed by atoms with Crippen molar-refractivity contribution < 1.29 is 14.1 Å². The summed E-state index contributed by atoms with van der Waals surface area (Å²) in [6.45, 7) is 4.73. The van der Waals surface area contributed by atoms with Gasteiger partial charge in [0.1, 0.15) is 23.7 Å². The second-order valence-corrected chi connectivity index (χ2v) is 5.27. The van der Waals surface area contributed by atoms with Crippen molar-refractivity contribution in [1.82, 2.24) is 15.1 Å². The number of hydrogen-bond acceptors (Lipinski definition) is 4. The summed E-state index contributed by atoms with van der Waals surface area (Å²) in [7, 11) is 0. The fourth-order valence-electron chi connectivity index (χ4n) is 2.36. The van der Waals surface area contributed by atoms with Crippen LogP contribution in [-0.4, -0.2) is 20.6 Å². The first-order valence-corrected chi connectivity index (χ1v) is 7.02. The highest BCUT2D eigenvalue weighted by atomic mass is 19.1. The molecule has 122 valence electrons. The van der Waals surface area contributed by atoms with Gasteiger partial charge in [0.15, 0.2) is 0 Å². The third-order valence-corrected chi connectivity index (χ3v) is 3.57. The van der Waals surface area contributed by atoms with E-state index in [0.29, 0.717) is 5.69 Å². The fourth-order valence-corrected chi connectivity index (χ4v) is 2.36. The first-order valence-electron chi connectivity index (χ1n) is 7.02. The van der Waals surface area contributed by atoms with Crippen LogP contribution in [0.5, 0.6) is 0 Å². The van der Waals surface area contributed by atoms with E-state index in [1.54, 1.807) is 26.0 Å². The third kappa shape index (κ3) is 3.71. The Morgan fingerprint density at radius 2 is 2.00 bits per heavy atom. The number of aryl methyl sites for hydroxylation is 1. The number of amides is 1. The van der Waals surface area contributed by atoms with Crippen molar-refractivity contribution in [2.24, 2.45) is 0 Å². The minimum Gasteiger partial charge on any atom is -0.348 e. The SMILES string of the molecule is Cc1nn(CC(=O)N[C@@H](C)c2ccc(F)cc2)c(C)c1[N+](=O)[O-]. The molecule has 0 fully saturated rings. The van der Waals surface area contributed by atoms with Crippen LogP contribution in [0.4, 0.5) is 10.1 Å². The summed E-state index contributed by atoms with van der Waals surface area (Å²) in [5.41, 5.74) is 1.28. The van der Waals surface area contributed by atoms with Crippen LogP contribution in [0.1, 0.15) is 29.9 Å². The molecule has 1 aromatic heterocycles. The summed E-state index contributed by atoms with van der Waals surface area (Å²) in [4.78, 5) is 22.5. The Bertz CT molecular complexity index is 740. The number of aromatic nitrogens is 2. The van der Waals surface area contributed by atoms with Gasteiger partial charge < -0.3 is 5.32 Å². The molecule has 1 aromatic carbocycles. The van der Waals surface area contributed by atoms with Gasteiger partial charge in [0.05, 0.1) is 11.0 Å². The van der Waals surface area contributed by atoms with Gasteiger partial charge in [-0.25, -0.2) is 4.39 Å². The van der Waals surface area contributed by atoms with Crippen molar-refractivity contribution in [3.05, 3.63) is 57.1 Å². The zero-order chi connectivity index (χ0) is 17.1. The van der Waals surface area contributed by atoms with Gasteiger partial charge in [0.2, 0.25) is 5.91 Å². The average molecular weight is 320 g/mol. The fraction of sp³-hybridized carbons (Fsp3) is 0.333. The lowest BCUT2D eigenvalue weighted by atomic mass is 10.1. The molecule has 0 spiro atoms. The summed E-state index contributed by atoms with van der Waals surface area (Å²) in [5, 5.41) is 17.7. The summed E-state index contributed by atoms with van der Waals surface area (Å²) in [6.07, 6.45) is 0. The molecule has 23 heavy (non-hydrogen) atoms. The lowest BCUT2D eigenvalue weighted by Gasteiger charge is -2.14. The van der Waals surface area contributed by atoms with E-state index in [-0.39, 0.29) is 35.7 Å². The van der Waals surface area contributed by atoms with Crippen molar-refractivity contribution in [2.75, 3.05) is 0 Å². The molecular formula is C15H17FN4O3. The maximum Gasteiger partial charge on any atom is 0.312 e. The normalized spacial score (nSPS) is 12.0. The molecule has 0 bridgehead atoms. The molecule has 0 unspecified atom stereocenters. The Balaban J connectivity index is 2.06. The van der Waals surface area contributed by atoms with Crippen LogP contribution in [-0.2, 0) is 11.3 Å². The highest BCUT2D eigenvalue weighted by molar-refractivity contribution is 5.76. The number of carbonyl (C=O) groups is 1. The highest BCUT2D eigenvalue weighted by Gasteiger charge is 2.23. The quantitative estimate of drug-likeness (QED) is 0.676. The molecule has 0 saturated heterocycles. The minimum atomic E-state index is -0.507. The van der Waals surface area contributed by atoms with Crippen molar-refractivity contribution in [3.63, 3.8) is 0 Å². The highest BCUT2D eigenvalue weighted by Crippen LogP contribution is 2.21. The first kappa shape index (κ1) is 16.6. The predicted octanol–water partition coefficient (Wildman–Crippen LogP) is 2.42. The molecule has 1 N–H and O–H groups in total. The van der Waals surface area contributed by atoms with Gasteiger partial charge >= 0.3 is 5.69 Å². The number of hydrogen-bond donors (Lipinski definition) is 1. The smallest absolute Gasteiger partial charge is 0.312 e. The van der Waals surface area contributed by atoms with E-state index >= 15 is 0 Å². The molecule has 0 aliphatic heterocycles. The standard InChI is InChI=1S/C15H17FN4O3/c1-9(12-4-6-13(16)7-5-12)17-14(21)8-19-11(3)15(20(22)23)10(2)18-19/h4-7,9H,8H2,1-3H3,(H,17,21)/t9-/m0/s1. The molecule has 2 aromatic rings. The van der Waals surface area contributed by atoms with Crippen LogP contribution in [0.15, 0.2) is 24.3 Å². The van der Waals surface area contributed by atoms with Gasteiger partial charge in [0.25, 0.3) is 0 Å². The van der Waals surface area contributed by atoms with Crippen LogP contribution in [0.2, 0.25) is 0 Å². The molecule has 0 aliphatic rings. The summed E-state index contributed by atoms with van der Waals surface area (Å²) < 4.78 is 14.2. The van der Waals surface area contributed by atoms with Crippen LogP contribution in [0.3, 0.4) is 0 Å². The zero-order valence-corrected chi connectivity index (χ0v) is 13.0. The van der Waals surface area contributed by atoms with Crippen molar-refractivity contribution >= 4 is 11.6 Å². The maximum atomic E-state index is 12.9. The van der Waals surface area contributed by atoms with E-state index < -0.39 is 4.92 Å². The lowest BCUT2D eigenvalue weighted by molar-refractivity contribution is -0.386. The second kappa shape index (κ2) is 6.55. The first-order chi connectivity index (χ1) is 10.8. The number of halogens is 1. The Labute approximate surface area is 132 Å². The number of nitrogens with one attached hydrogen (secondary N) is 1. The maximum absolute atomic E-state index is 12.9. The summed E-state index contributed by atoms with van der Waals surface area (Å²) in [6, 6.07) is 5.52. The third-order valence-electron chi connectivity index (χ3n) is 3.57. The number of nitrogens with zero attached hydrogens (tertiary/aromatic N) is 3. The molecule has 2 rings (SSSR count). The molecule has 7 nitrogen and oxygen atoms in total. The van der Waals surface area contributed by atoms with Gasteiger partial charge in [-0.05, 0) is 38.5 Å². The van der Waals surface area contributed by atoms with Crippen LogP contribution < -0.4 is 5.32 Å². The van der Waals surface area contributed by atoms with Crippen LogP contribution in [0.25, 0.3) is 0 Å². The number of rotatable bonds is 5. The Morgan fingerprint density at radius 3 is 2.52 bits per heavy atom. The van der Waals surface area contributed by atoms with E-state index in [1.807, 2.05) is 0 Å². The molecule has 1 amide bonds. The monoisotopic (exact) mass is 320 g/mol. The van der Waals surface area contributed by atoms with E-state index in [0.717, 1.165) is 5.56 Å². The molecule has 0 aliphatic carbocycles. The Morgan fingerprint density at radius 1 is 1.39 bits per heavy atom. The Kier molecular flexibility index (Phi) is 4.73. The van der Waals surface area contributed by atoms with Gasteiger partial charge in [-0.2, -0.15) is 5.10 Å². The summed E-state index contributed by atoms with van der Waals surface area (Å²) in [5.74, 6) is -0.676. The lowest BCUT2D eigenvalue weighted by Crippen LogP contribution is -2.30. The van der Waals surface area contributed by atoms with Crippen molar-refractivity contribution in [2.45, 2.75) is 33.4 Å². The molecule has 8 heteroatoms. The van der Waals surface area contributed by atoms with E-state index in [1.165, 1.54) is 23.7 Å². The number of carbonyl (C=O) groups excluding carboxylic acids is 1. The number of benzene rings is 1. The van der Waals surface area contributed by atoms with E-state index in [2.05, 4.69) is 10.4 Å². The van der Waals surface area contributed by atoms with Gasteiger partial charge in [-0.15, -0.1) is 0 Å². The van der Waals surface area contributed by atoms with Gasteiger partial charge in [-0.1, -0.05) is 12.1 Å². The van der Waals surface area contributed by atoms with Crippen LogP contribution >= 0.6 is 0 Å². The van der Waals surface area contributed by atoms with Gasteiger partial charge in [0, 0.05) is 0 Å². The van der Waals surface area contributed by atoms with Gasteiger partial charge in [-0.3, -0.25) is 19.6 Å². The predicted molar refractivity (Wildman–Crippen MR) is 81.3 cm³/mol. The molecular weight excluding hydrogens is 303 g/mol. The van der Waals surface area contributed by atoms with Crippen LogP contribution in [0, 0.1) is 29.8 Å². The zero-order valence-electron chi connectivity index (χ0n) is 13.0. The van der Waals surface area contributed by atoms with E-state index in [9.17, 15) is 19.3 Å². The van der Waals surface area contributed by atoms with Crippen molar-refractivity contribution in [1.29, 1.82) is 0 Å². The molecule has 0 saturated carbocycles. The number of nitro groups is 1.